The van der Waals surface area contributed by atoms with Crippen molar-refractivity contribution in [1.29, 1.82) is 0 Å². The number of ketones is 1. The molecule has 0 unspecified atom stereocenters. The fourth-order valence-electron chi connectivity index (χ4n) is 6.57. The number of imidazole rings is 1. The molecule has 1 aromatic heterocycles. The highest BCUT2D eigenvalue weighted by atomic mass is 16.6. The van der Waals surface area contributed by atoms with E-state index in [-0.39, 0.29) is 35.6 Å². The zero-order valence-electron chi connectivity index (χ0n) is 24.1. The SMILES string of the molecule is C[C@@H](COC(=O)N1CCC([C@@H]2CCC(=O)c3cccc4[nH]c(=O)n2c34)CC1)N(Cc1ccccc1)Cc1ccccc1. The molecule has 0 spiro atoms. The molecule has 0 aliphatic carbocycles. The van der Waals surface area contributed by atoms with E-state index in [9.17, 15) is 14.4 Å². The Morgan fingerprint density at radius 3 is 2.19 bits per heavy atom. The average molecular weight is 567 g/mol. The summed E-state index contributed by atoms with van der Waals surface area (Å²) in [6, 6.07) is 26.2. The van der Waals surface area contributed by atoms with Crippen LogP contribution < -0.4 is 5.69 Å². The molecule has 0 radical (unpaired) electrons. The molecule has 218 valence electrons. The van der Waals surface area contributed by atoms with Gasteiger partial charge < -0.3 is 14.6 Å². The maximum atomic E-state index is 13.1. The van der Waals surface area contributed by atoms with Crippen molar-refractivity contribution in [2.24, 2.45) is 5.92 Å². The molecular formula is C34H38N4O4. The van der Waals surface area contributed by atoms with E-state index in [4.69, 9.17) is 4.74 Å². The number of carbonyl (C=O) groups is 2. The zero-order chi connectivity index (χ0) is 29.1. The molecule has 3 aromatic carbocycles. The monoisotopic (exact) mass is 566 g/mol. The summed E-state index contributed by atoms with van der Waals surface area (Å²) in [5, 5.41) is 0. The summed E-state index contributed by atoms with van der Waals surface area (Å²) in [6.07, 6.45) is 2.29. The van der Waals surface area contributed by atoms with Crippen molar-refractivity contribution in [3.8, 4) is 0 Å². The molecular weight excluding hydrogens is 528 g/mol. The van der Waals surface area contributed by atoms with Gasteiger partial charge in [-0.15, -0.1) is 0 Å². The number of nitrogens with one attached hydrogen (secondary N) is 1. The molecule has 8 nitrogen and oxygen atoms in total. The summed E-state index contributed by atoms with van der Waals surface area (Å²) in [7, 11) is 0. The Morgan fingerprint density at radius 1 is 0.905 bits per heavy atom. The Kier molecular flexibility index (Phi) is 8.24. The number of H-pyrrole nitrogens is 1. The van der Waals surface area contributed by atoms with Crippen LogP contribution in [-0.4, -0.2) is 57.0 Å². The molecule has 3 heterocycles. The van der Waals surface area contributed by atoms with Gasteiger partial charge in [-0.05, 0) is 55.4 Å². The lowest BCUT2D eigenvalue weighted by Gasteiger charge is -2.36. The third-order valence-electron chi connectivity index (χ3n) is 8.91. The highest BCUT2D eigenvalue weighted by Crippen LogP contribution is 2.37. The smallest absolute Gasteiger partial charge is 0.409 e. The lowest BCUT2D eigenvalue weighted by atomic mass is 9.86. The predicted molar refractivity (Wildman–Crippen MR) is 162 cm³/mol. The first-order valence-electron chi connectivity index (χ1n) is 15.0. The first kappa shape index (κ1) is 28.0. The number of ether oxygens (including phenoxy) is 1. The van der Waals surface area contributed by atoms with Crippen LogP contribution in [0.2, 0.25) is 0 Å². The third-order valence-corrected chi connectivity index (χ3v) is 8.91. The Balaban J connectivity index is 1.07. The molecule has 2 aliphatic rings. The van der Waals surface area contributed by atoms with Crippen molar-refractivity contribution in [2.45, 2.75) is 57.8 Å². The number of hydrogen-bond acceptors (Lipinski definition) is 5. The Labute approximate surface area is 245 Å². The molecule has 8 heteroatoms. The normalized spacial score (nSPS) is 18.3. The Morgan fingerprint density at radius 2 is 1.55 bits per heavy atom. The first-order chi connectivity index (χ1) is 20.5. The molecule has 1 saturated heterocycles. The van der Waals surface area contributed by atoms with Crippen LogP contribution in [0.3, 0.4) is 0 Å². The summed E-state index contributed by atoms with van der Waals surface area (Å²) >= 11 is 0. The quantitative estimate of drug-likeness (QED) is 0.292. The van der Waals surface area contributed by atoms with Crippen molar-refractivity contribution in [3.63, 3.8) is 0 Å². The van der Waals surface area contributed by atoms with E-state index < -0.39 is 0 Å². The fraction of sp³-hybridized carbons (Fsp3) is 0.382. The summed E-state index contributed by atoms with van der Waals surface area (Å²) in [5.74, 6) is 0.287. The topological polar surface area (TPSA) is 87.6 Å². The van der Waals surface area contributed by atoms with Gasteiger partial charge in [0.1, 0.15) is 6.61 Å². The van der Waals surface area contributed by atoms with E-state index in [1.807, 2.05) is 59.2 Å². The third kappa shape index (κ3) is 5.90. The number of piperidine rings is 1. The van der Waals surface area contributed by atoms with Crippen molar-refractivity contribution in [2.75, 3.05) is 19.7 Å². The number of likely N-dealkylation sites (tertiary alicyclic amines) is 1. The van der Waals surface area contributed by atoms with E-state index in [2.05, 4.69) is 41.1 Å². The van der Waals surface area contributed by atoms with Gasteiger partial charge in [0.25, 0.3) is 0 Å². The molecule has 1 amide bonds. The molecule has 42 heavy (non-hydrogen) atoms. The maximum absolute atomic E-state index is 13.1. The van der Waals surface area contributed by atoms with Crippen LogP contribution in [0, 0.1) is 5.92 Å². The van der Waals surface area contributed by atoms with Crippen LogP contribution in [0.4, 0.5) is 4.79 Å². The van der Waals surface area contributed by atoms with Gasteiger partial charge in [0.15, 0.2) is 5.78 Å². The number of hydrogen-bond donors (Lipinski definition) is 1. The number of amides is 1. The summed E-state index contributed by atoms with van der Waals surface area (Å²) in [4.78, 5) is 46.0. The molecule has 4 aromatic rings. The largest absolute Gasteiger partial charge is 0.448 e. The van der Waals surface area contributed by atoms with E-state index in [0.29, 0.717) is 43.6 Å². The second-order valence-corrected chi connectivity index (χ2v) is 11.7. The Hall–Kier alpha value is -4.17. The van der Waals surface area contributed by atoms with Crippen molar-refractivity contribution in [3.05, 3.63) is 106 Å². The van der Waals surface area contributed by atoms with Crippen LogP contribution in [0.25, 0.3) is 11.0 Å². The number of aromatic amines is 1. The lowest BCUT2D eigenvalue weighted by Crippen LogP contribution is -2.43. The highest BCUT2D eigenvalue weighted by Gasteiger charge is 2.35. The summed E-state index contributed by atoms with van der Waals surface area (Å²) < 4.78 is 7.66. The number of Topliss-reactive ketones (excluding diaryl/α,β-unsaturated/α-hetero) is 1. The highest BCUT2D eigenvalue weighted by molar-refractivity contribution is 6.06. The molecule has 1 fully saturated rings. The van der Waals surface area contributed by atoms with E-state index in [0.717, 1.165) is 31.4 Å². The number of rotatable bonds is 8. The molecule has 0 bridgehead atoms. The lowest BCUT2D eigenvalue weighted by molar-refractivity contribution is 0.0525. The van der Waals surface area contributed by atoms with Gasteiger partial charge in [-0.3, -0.25) is 14.3 Å². The maximum Gasteiger partial charge on any atom is 0.409 e. The number of nitrogens with zero attached hydrogens (tertiary/aromatic N) is 3. The number of para-hydroxylation sites is 1. The van der Waals surface area contributed by atoms with Gasteiger partial charge in [0, 0.05) is 50.2 Å². The van der Waals surface area contributed by atoms with Crippen molar-refractivity contribution < 1.29 is 14.3 Å². The van der Waals surface area contributed by atoms with Crippen LogP contribution in [0.1, 0.15) is 60.1 Å². The first-order valence-corrected chi connectivity index (χ1v) is 15.0. The van der Waals surface area contributed by atoms with Gasteiger partial charge in [0.05, 0.1) is 11.0 Å². The van der Waals surface area contributed by atoms with E-state index in [1.54, 1.807) is 4.90 Å². The standard InChI is InChI=1S/C34H38N4O4/c1-24(37(21-25-9-4-2-5-10-25)22-26-11-6-3-7-12-26)23-42-34(41)36-19-17-27(18-20-36)30-15-16-31(39)28-13-8-14-29-32(28)38(30)33(40)35-29/h2-14,24,27,30H,15-23H2,1H3,(H,35,40)/t24-,30-/m0/s1. The van der Waals surface area contributed by atoms with Crippen LogP contribution in [-0.2, 0) is 17.8 Å². The molecule has 0 saturated carbocycles. The second-order valence-electron chi connectivity index (χ2n) is 11.7. The minimum atomic E-state index is -0.290. The van der Waals surface area contributed by atoms with Crippen LogP contribution >= 0.6 is 0 Å². The predicted octanol–water partition coefficient (Wildman–Crippen LogP) is 5.79. The minimum absolute atomic E-state index is 0.0263. The van der Waals surface area contributed by atoms with Crippen molar-refractivity contribution >= 4 is 22.9 Å². The van der Waals surface area contributed by atoms with Crippen LogP contribution in [0.15, 0.2) is 83.7 Å². The molecule has 6 rings (SSSR count). The summed E-state index contributed by atoms with van der Waals surface area (Å²) in [6.45, 7) is 5.08. The van der Waals surface area contributed by atoms with E-state index >= 15 is 0 Å². The van der Waals surface area contributed by atoms with Gasteiger partial charge in [-0.1, -0.05) is 66.7 Å². The number of benzene rings is 3. The number of aromatic nitrogens is 2. The Bertz CT molecular complexity index is 1550. The van der Waals surface area contributed by atoms with Crippen LogP contribution in [0.5, 0.6) is 0 Å². The van der Waals surface area contributed by atoms with Gasteiger partial charge in [0.2, 0.25) is 0 Å². The van der Waals surface area contributed by atoms with Gasteiger partial charge >= 0.3 is 11.8 Å². The average Bonchev–Trinajstić information content (AvgIpc) is 3.27. The van der Waals surface area contributed by atoms with Crippen molar-refractivity contribution in [1.82, 2.24) is 19.4 Å². The fourth-order valence-corrected chi connectivity index (χ4v) is 6.57. The molecule has 1 N–H and O–H groups in total. The molecule has 2 aliphatic heterocycles. The zero-order valence-corrected chi connectivity index (χ0v) is 24.1. The van der Waals surface area contributed by atoms with E-state index in [1.165, 1.54) is 11.1 Å². The molecule has 2 atom stereocenters. The number of carbonyl (C=O) groups excluding carboxylic acids is 2. The minimum Gasteiger partial charge on any atom is -0.448 e. The summed E-state index contributed by atoms with van der Waals surface area (Å²) in [5.41, 5.74) is 4.33. The van der Waals surface area contributed by atoms with Gasteiger partial charge in [-0.25, -0.2) is 9.59 Å². The van der Waals surface area contributed by atoms with Gasteiger partial charge in [-0.2, -0.15) is 0 Å². The second kappa shape index (κ2) is 12.4.